The van der Waals surface area contributed by atoms with Gasteiger partial charge in [-0.05, 0) is 18.6 Å². The molecule has 0 radical (unpaired) electrons. The molecule has 0 saturated heterocycles. The molecule has 8 nitrogen and oxygen atoms in total. The number of rotatable bonds is 10. The van der Waals surface area contributed by atoms with E-state index in [4.69, 9.17) is 5.73 Å². The van der Waals surface area contributed by atoms with E-state index in [0.717, 1.165) is 25.6 Å². The SMILES string of the molecule is CCCCCCNS(=O)(=O)c1cc(S(=O)(=O)/N=C/N(C)C)c(C(F)(F)F)cc1N. The number of halogens is 3. The third-order valence-electron chi connectivity index (χ3n) is 3.72. The van der Waals surface area contributed by atoms with Crippen LogP contribution < -0.4 is 10.5 Å². The highest BCUT2D eigenvalue weighted by molar-refractivity contribution is 7.90. The Hall–Kier alpha value is -1.86. The van der Waals surface area contributed by atoms with Gasteiger partial charge in [0.05, 0.1) is 11.3 Å². The minimum absolute atomic E-state index is 0.0453. The molecular weight excluding hydrogens is 433 g/mol. The Morgan fingerprint density at radius 1 is 1.10 bits per heavy atom. The Morgan fingerprint density at radius 3 is 2.24 bits per heavy atom. The molecule has 0 bridgehead atoms. The smallest absolute Gasteiger partial charge is 0.398 e. The summed E-state index contributed by atoms with van der Waals surface area (Å²) in [6.07, 6.45) is -1.16. The van der Waals surface area contributed by atoms with Crippen LogP contribution in [0.4, 0.5) is 18.9 Å². The van der Waals surface area contributed by atoms with Gasteiger partial charge in [-0.1, -0.05) is 26.2 Å². The maximum Gasteiger partial charge on any atom is 0.417 e. The number of benzene rings is 1. The monoisotopic (exact) mass is 458 g/mol. The van der Waals surface area contributed by atoms with Gasteiger partial charge < -0.3 is 10.6 Å². The van der Waals surface area contributed by atoms with Gasteiger partial charge in [0.2, 0.25) is 10.0 Å². The summed E-state index contributed by atoms with van der Waals surface area (Å²) >= 11 is 0. The highest BCUT2D eigenvalue weighted by Crippen LogP contribution is 2.38. The molecule has 1 aromatic carbocycles. The number of unbranched alkanes of at least 4 members (excludes halogenated alkanes) is 3. The Bertz CT molecular complexity index is 944. The Labute approximate surface area is 169 Å². The number of alkyl halides is 3. The van der Waals surface area contributed by atoms with Crippen LogP contribution in [0.15, 0.2) is 26.3 Å². The van der Waals surface area contributed by atoms with Crippen molar-refractivity contribution in [3.8, 4) is 0 Å². The molecule has 0 unspecified atom stereocenters. The molecule has 1 rings (SSSR count). The molecule has 0 amide bonds. The third-order valence-corrected chi connectivity index (χ3v) is 6.51. The largest absolute Gasteiger partial charge is 0.417 e. The molecule has 3 N–H and O–H groups in total. The van der Waals surface area contributed by atoms with Crippen LogP contribution >= 0.6 is 0 Å². The fourth-order valence-corrected chi connectivity index (χ4v) is 4.73. The van der Waals surface area contributed by atoms with Gasteiger partial charge in [0.25, 0.3) is 10.0 Å². The summed E-state index contributed by atoms with van der Waals surface area (Å²) in [6, 6.07) is 0.693. The number of nitrogens with two attached hydrogens (primary N) is 1. The standard InChI is InChI=1S/C16H25F3N4O4S2/c1-4-5-6-7-8-21-29(26,27)15-10-14(28(24,25)22-11-23(2)3)12(9-13(15)20)16(17,18)19/h9-11,21H,4-8,20H2,1-3H3/b22-11+. The van der Waals surface area contributed by atoms with Crippen molar-refractivity contribution in [3.05, 3.63) is 17.7 Å². The second-order valence-corrected chi connectivity index (χ2v) is 9.84. The molecule has 0 saturated carbocycles. The van der Waals surface area contributed by atoms with E-state index in [9.17, 15) is 30.0 Å². The number of hydrogen-bond donors (Lipinski definition) is 2. The fraction of sp³-hybridized carbons (Fsp3) is 0.562. The third kappa shape index (κ3) is 7.16. The van der Waals surface area contributed by atoms with Gasteiger partial charge in [0, 0.05) is 20.6 Å². The van der Waals surface area contributed by atoms with Gasteiger partial charge in [0.1, 0.15) is 16.1 Å². The van der Waals surface area contributed by atoms with Gasteiger partial charge in [-0.25, -0.2) is 13.1 Å². The lowest BCUT2D eigenvalue weighted by atomic mass is 10.2. The van der Waals surface area contributed by atoms with Crippen molar-refractivity contribution in [1.29, 1.82) is 0 Å². The predicted molar refractivity (Wildman–Crippen MR) is 105 cm³/mol. The summed E-state index contributed by atoms with van der Waals surface area (Å²) in [5, 5.41) is 0. The molecule has 166 valence electrons. The van der Waals surface area contributed by atoms with Crippen LogP contribution in [0.5, 0.6) is 0 Å². The van der Waals surface area contributed by atoms with Crippen molar-refractivity contribution >= 4 is 32.1 Å². The van der Waals surface area contributed by atoms with E-state index in [1.165, 1.54) is 19.0 Å². The van der Waals surface area contributed by atoms with Crippen LogP contribution in [-0.2, 0) is 26.2 Å². The van der Waals surface area contributed by atoms with Crippen LogP contribution in [0.1, 0.15) is 38.2 Å². The number of anilines is 1. The van der Waals surface area contributed by atoms with Crippen molar-refractivity contribution in [2.75, 3.05) is 26.4 Å². The number of nitrogen functional groups attached to an aromatic ring is 1. The average Bonchev–Trinajstić information content (AvgIpc) is 2.58. The molecule has 0 heterocycles. The van der Waals surface area contributed by atoms with E-state index in [-0.39, 0.29) is 6.54 Å². The maximum absolute atomic E-state index is 13.4. The average molecular weight is 459 g/mol. The predicted octanol–water partition coefficient (Wildman–Crippen LogP) is 2.42. The van der Waals surface area contributed by atoms with Crippen molar-refractivity contribution < 1.29 is 30.0 Å². The van der Waals surface area contributed by atoms with Crippen LogP contribution in [-0.4, -0.2) is 48.7 Å². The molecule has 1 aromatic rings. The second-order valence-electron chi connectivity index (χ2n) is 6.50. The normalized spacial score (nSPS) is 13.2. The first-order valence-electron chi connectivity index (χ1n) is 8.69. The zero-order valence-corrected chi connectivity index (χ0v) is 18.0. The van der Waals surface area contributed by atoms with Crippen molar-refractivity contribution in [2.45, 2.75) is 48.6 Å². The fourth-order valence-electron chi connectivity index (χ4n) is 2.29. The van der Waals surface area contributed by atoms with Gasteiger partial charge in [-0.2, -0.15) is 21.6 Å². The van der Waals surface area contributed by atoms with E-state index in [1.807, 2.05) is 6.92 Å². The lowest BCUT2D eigenvalue weighted by molar-refractivity contribution is -0.139. The number of nitrogens with one attached hydrogen (secondary N) is 1. The summed E-state index contributed by atoms with van der Waals surface area (Å²) in [4.78, 5) is -0.833. The molecule has 0 aliphatic heterocycles. The number of hydrogen-bond acceptors (Lipinski definition) is 5. The maximum atomic E-state index is 13.4. The van der Waals surface area contributed by atoms with E-state index in [1.54, 1.807) is 0 Å². The minimum atomic E-state index is -5.08. The first-order valence-corrected chi connectivity index (χ1v) is 11.6. The van der Waals surface area contributed by atoms with Crippen LogP contribution in [0.2, 0.25) is 0 Å². The summed E-state index contributed by atoms with van der Waals surface area (Å²) in [7, 11) is -6.32. The zero-order valence-electron chi connectivity index (χ0n) is 16.3. The number of nitrogens with zero attached hydrogens (tertiary/aromatic N) is 2. The molecule has 0 aromatic heterocycles. The molecule has 0 atom stereocenters. The molecule has 0 aliphatic rings. The quantitative estimate of drug-likeness (QED) is 0.240. The zero-order chi connectivity index (χ0) is 22.5. The van der Waals surface area contributed by atoms with Crippen molar-refractivity contribution in [1.82, 2.24) is 9.62 Å². The first-order chi connectivity index (χ1) is 13.2. The van der Waals surface area contributed by atoms with E-state index in [0.29, 0.717) is 18.6 Å². The Balaban J connectivity index is 3.46. The van der Waals surface area contributed by atoms with Crippen molar-refractivity contribution in [3.63, 3.8) is 0 Å². The van der Waals surface area contributed by atoms with Crippen LogP contribution in [0, 0.1) is 0 Å². The van der Waals surface area contributed by atoms with Gasteiger partial charge in [0.15, 0.2) is 0 Å². The summed E-state index contributed by atoms with van der Waals surface area (Å²) < 4.78 is 95.1. The van der Waals surface area contributed by atoms with Crippen LogP contribution in [0.3, 0.4) is 0 Å². The van der Waals surface area contributed by atoms with E-state index >= 15 is 0 Å². The first kappa shape index (κ1) is 25.2. The Kier molecular flexibility index (Phi) is 8.47. The summed E-state index contributed by atoms with van der Waals surface area (Å²) in [5.41, 5.74) is 3.23. The van der Waals surface area contributed by atoms with Gasteiger partial charge >= 0.3 is 6.18 Å². The van der Waals surface area contributed by atoms with Crippen LogP contribution in [0.25, 0.3) is 0 Å². The molecular formula is C16H25F3N4O4S2. The molecule has 13 heteroatoms. The lowest BCUT2D eigenvalue weighted by Gasteiger charge is -2.16. The van der Waals surface area contributed by atoms with E-state index < -0.39 is 47.3 Å². The molecule has 0 fully saturated rings. The van der Waals surface area contributed by atoms with Crippen molar-refractivity contribution in [2.24, 2.45) is 4.40 Å². The molecule has 29 heavy (non-hydrogen) atoms. The topological polar surface area (TPSA) is 122 Å². The number of sulfonamides is 2. The highest BCUT2D eigenvalue weighted by atomic mass is 32.2. The highest BCUT2D eigenvalue weighted by Gasteiger charge is 2.39. The summed E-state index contributed by atoms with van der Waals surface area (Å²) in [5.74, 6) is 0. The van der Waals surface area contributed by atoms with E-state index in [2.05, 4.69) is 9.12 Å². The summed E-state index contributed by atoms with van der Waals surface area (Å²) in [6.45, 7) is 2.03. The molecule has 0 aliphatic carbocycles. The molecule has 0 spiro atoms. The van der Waals surface area contributed by atoms with Gasteiger partial charge in [-0.15, -0.1) is 4.40 Å². The lowest BCUT2D eigenvalue weighted by Crippen LogP contribution is -2.26. The second kappa shape index (κ2) is 9.76. The van der Waals surface area contributed by atoms with Gasteiger partial charge in [-0.3, -0.25) is 0 Å². The minimum Gasteiger partial charge on any atom is -0.398 e. The Morgan fingerprint density at radius 2 is 1.72 bits per heavy atom.